The minimum Gasteiger partial charge on any atom is -0.493 e. The molecular formula is C22H24N4O3. The highest BCUT2D eigenvalue weighted by molar-refractivity contribution is 5.95. The first-order valence-electron chi connectivity index (χ1n) is 9.98. The normalized spacial score (nSPS) is 18.4. The zero-order chi connectivity index (χ0) is 20.2. The summed E-state index contributed by atoms with van der Waals surface area (Å²) in [5, 5.41) is 18.6. The van der Waals surface area contributed by atoms with Gasteiger partial charge in [0.25, 0.3) is 5.91 Å². The van der Waals surface area contributed by atoms with Crippen molar-refractivity contribution in [1.29, 1.82) is 0 Å². The van der Waals surface area contributed by atoms with Gasteiger partial charge in [0.2, 0.25) is 0 Å². The number of aliphatic hydroxyl groups excluding tert-OH is 1. The summed E-state index contributed by atoms with van der Waals surface area (Å²) in [6.07, 6.45) is 1.93. The van der Waals surface area contributed by atoms with Crippen LogP contribution in [-0.2, 0) is 6.42 Å². The number of carbonyl (C=O) groups excluding carboxylic acids is 1. The summed E-state index contributed by atoms with van der Waals surface area (Å²) < 4.78 is 7.66. The first-order valence-corrected chi connectivity index (χ1v) is 9.98. The second kappa shape index (κ2) is 6.56. The Labute approximate surface area is 168 Å². The summed E-state index contributed by atoms with van der Waals surface area (Å²) in [5.41, 5.74) is 2.41. The van der Waals surface area contributed by atoms with E-state index < -0.39 is 6.10 Å². The highest BCUT2D eigenvalue weighted by atomic mass is 16.5. The Kier molecular flexibility index (Phi) is 4.10. The number of fused-ring (bicyclic) bond motifs is 2. The Morgan fingerprint density at radius 3 is 2.76 bits per heavy atom. The third kappa shape index (κ3) is 2.97. The van der Waals surface area contributed by atoms with Gasteiger partial charge in [-0.25, -0.2) is 0 Å². The lowest BCUT2D eigenvalue weighted by molar-refractivity contribution is -0.0291. The van der Waals surface area contributed by atoms with Gasteiger partial charge in [0.05, 0.1) is 12.2 Å². The van der Waals surface area contributed by atoms with Gasteiger partial charge >= 0.3 is 0 Å². The van der Waals surface area contributed by atoms with E-state index in [4.69, 9.17) is 4.74 Å². The highest BCUT2D eigenvalue weighted by Crippen LogP contribution is 2.41. The second-order valence-electron chi connectivity index (χ2n) is 8.63. The molecule has 1 unspecified atom stereocenters. The Hall–Kier alpha value is -2.93. The molecule has 29 heavy (non-hydrogen) atoms. The minimum atomic E-state index is -0.734. The molecule has 2 aliphatic heterocycles. The number of nitrogens with zero attached hydrogens (tertiary/aromatic N) is 4. The number of carbonyl (C=O) groups is 1. The molecule has 2 aromatic heterocycles. The number of para-hydroxylation sites is 1. The average molecular weight is 392 g/mol. The molecule has 1 N–H and O–H groups in total. The molecule has 2 aliphatic rings. The first kappa shape index (κ1) is 18.1. The highest BCUT2D eigenvalue weighted by Gasteiger charge is 2.48. The molecule has 1 aromatic carbocycles. The van der Waals surface area contributed by atoms with Crippen LogP contribution in [0.15, 0.2) is 42.6 Å². The molecule has 1 atom stereocenters. The van der Waals surface area contributed by atoms with Crippen molar-refractivity contribution in [3.63, 3.8) is 0 Å². The predicted octanol–water partition coefficient (Wildman–Crippen LogP) is 2.50. The predicted molar refractivity (Wildman–Crippen MR) is 107 cm³/mol. The topological polar surface area (TPSA) is 80.0 Å². The van der Waals surface area contributed by atoms with Gasteiger partial charge in [0, 0.05) is 24.7 Å². The molecule has 1 spiro atoms. The number of amides is 1. The Morgan fingerprint density at radius 2 is 1.97 bits per heavy atom. The zero-order valence-electron chi connectivity index (χ0n) is 16.6. The number of likely N-dealkylation sites (tertiary alicyclic amines) is 1. The van der Waals surface area contributed by atoms with Crippen molar-refractivity contribution in [2.24, 2.45) is 11.3 Å². The van der Waals surface area contributed by atoms with Crippen LogP contribution >= 0.6 is 0 Å². The quantitative estimate of drug-likeness (QED) is 0.741. The van der Waals surface area contributed by atoms with E-state index in [0.717, 1.165) is 12.2 Å². The van der Waals surface area contributed by atoms with Crippen molar-refractivity contribution in [1.82, 2.24) is 19.5 Å². The fourth-order valence-electron chi connectivity index (χ4n) is 4.30. The van der Waals surface area contributed by atoms with Crippen LogP contribution in [0.3, 0.4) is 0 Å². The van der Waals surface area contributed by atoms with Crippen LogP contribution in [0.5, 0.6) is 5.75 Å². The molecule has 3 aromatic rings. The number of ether oxygens (including phenoxy) is 1. The maximum atomic E-state index is 13.0. The molecule has 150 valence electrons. The van der Waals surface area contributed by atoms with Gasteiger partial charge in [-0.3, -0.25) is 9.20 Å². The monoisotopic (exact) mass is 392 g/mol. The first-order chi connectivity index (χ1) is 14.0. The van der Waals surface area contributed by atoms with Gasteiger partial charge in [0.1, 0.15) is 11.9 Å². The number of hydrogen-bond donors (Lipinski definition) is 1. The largest absolute Gasteiger partial charge is 0.493 e. The molecule has 1 fully saturated rings. The lowest BCUT2D eigenvalue weighted by atomic mass is 9.73. The van der Waals surface area contributed by atoms with Crippen LogP contribution in [0.25, 0.3) is 5.65 Å². The van der Waals surface area contributed by atoms with Gasteiger partial charge in [-0.1, -0.05) is 32.0 Å². The van der Waals surface area contributed by atoms with Gasteiger partial charge < -0.3 is 14.7 Å². The van der Waals surface area contributed by atoms with E-state index in [1.165, 1.54) is 5.56 Å². The van der Waals surface area contributed by atoms with Crippen LogP contribution in [0.1, 0.15) is 41.7 Å². The van der Waals surface area contributed by atoms with Crippen LogP contribution in [0, 0.1) is 11.3 Å². The summed E-state index contributed by atoms with van der Waals surface area (Å²) in [6, 6.07) is 11.7. The van der Waals surface area contributed by atoms with E-state index in [0.29, 0.717) is 36.7 Å². The Bertz CT molecular complexity index is 1080. The number of aromatic nitrogens is 3. The van der Waals surface area contributed by atoms with Crippen molar-refractivity contribution in [2.75, 3.05) is 19.7 Å². The van der Waals surface area contributed by atoms with Crippen LogP contribution < -0.4 is 4.74 Å². The van der Waals surface area contributed by atoms with E-state index >= 15 is 0 Å². The molecule has 0 radical (unpaired) electrons. The molecule has 0 aliphatic carbocycles. The van der Waals surface area contributed by atoms with Gasteiger partial charge in [-0.15, -0.1) is 10.2 Å². The number of hydrogen-bond acceptors (Lipinski definition) is 5. The standard InChI is InChI=1S/C22H24N4O3/c1-14(2)19(27)20-24-23-18-8-7-16(10-26(18)20)21(28)25-11-22(12-25)9-15-5-3-4-6-17(15)29-13-22/h3-8,10,14,19,27H,9,11-13H2,1-2H3. The fraction of sp³-hybridized carbons (Fsp3) is 0.409. The van der Waals surface area contributed by atoms with Crippen molar-refractivity contribution in [2.45, 2.75) is 26.4 Å². The fourth-order valence-corrected chi connectivity index (χ4v) is 4.30. The summed E-state index contributed by atoms with van der Waals surface area (Å²) in [6.45, 7) is 5.85. The van der Waals surface area contributed by atoms with Gasteiger partial charge in [-0.05, 0) is 36.1 Å². The van der Waals surface area contributed by atoms with E-state index in [1.54, 1.807) is 22.7 Å². The van der Waals surface area contributed by atoms with Crippen molar-refractivity contribution < 1.29 is 14.6 Å². The summed E-state index contributed by atoms with van der Waals surface area (Å²) in [5.74, 6) is 1.40. The van der Waals surface area contributed by atoms with Crippen molar-refractivity contribution in [3.05, 3.63) is 59.5 Å². The lowest BCUT2D eigenvalue weighted by Gasteiger charge is -2.51. The number of pyridine rings is 1. The van der Waals surface area contributed by atoms with Crippen molar-refractivity contribution >= 4 is 11.6 Å². The van der Waals surface area contributed by atoms with E-state index in [-0.39, 0.29) is 17.2 Å². The van der Waals surface area contributed by atoms with Crippen LogP contribution in [0.4, 0.5) is 0 Å². The summed E-state index contributed by atoms with van der Waals surface area (Å²) >= 11 is 0. The molecule has 1 amide bonds. The van der Waals surface area contributed by atoms with Gasteiger partial charge in [-0.2, -0.15) is 0 Å². The molecule has 5 rings (SSSR count). The SMILES string of the molecule is CC(C)C(O)c1nnc2ccc(C(=O)N3CC4(COc5ccccc5C4)C3)cn12. The minimum absolute atomic E-state index is 0.00364. The summed E-state index contributed by atoms with van der Waals surface area (Å²) in [4.78, 5) is 14.9. The van der Waals surface area contributed by atoms with E-state index in [1.807, 2.05) is 36.9 Å². The van der Waals surface area contributed by atoms with Crippen LogP contribution in [0.2, 0.25) is 0 Å². The number of aliphatic hydroxyl groups is 1. The smallest absolute Gasteiger partial charge is 0.255 e. The van der Waals surface area contributed by atoms with E-state index in [2.05, 4.69) is 16.3 Å². The number of benzene rings is 1. The molecule has 1 saturated heterocycles. The number of rotatable bonds is 3. The third-order valence-electron chi connectivity index (χ3n) is 5.98. The zero-order valence-corrected chi connectivity index (χ0v) is 16.6. The molecule has 0 bridgehead atoms. The Morgan fingerprint density at radius 1 is 1.17 bits per heavy atom. The van der Waals surface area contributed by atoms with E-state index in [9.17, 15) is 9.90 Å². The average Bonchev–Trinajstić information content (AvgIpc) is 3.13. The molecular weight excluding hydrogens is 368 g/mol. The maximum absolute atomic E-state index is 13.0. The molecule has 7 nitrogen and oxygen atoms in total. The lowest BCUT2D eigenvalue weighted by Crippen LogP contribution is -2.62. The Balaban J connectivity index is 1.35. The van der Waals surface area contributed by atoms with Crippen LogP contribution in [-0.4, -0.2) is 50.2 Å². The molecule has 7 heteroatoms. The molecule has 0 saturated carbocycles. The molecule has 4 heterocycles. The second-order valence-corrected chi connectivity index (χ2v) is 8.63. The maximum Gasteiger partial charge on any atom is 0.255 e. The third-order valence-corrected chi connectivity index (χ3v) is 5.98. The van der Waals surface area contributed by atoms with Crippen molar-refractivity contribution in [3.8, 4) is 5.75 Å². The summed E-state index contributed by atoms with van der Waals surface area (Å²) in [7, 11) is 0. The van der Waals surface area contributed by atoms with Gasteiger partial charge in [0.15, 0.2) is 11.5 Å².